The number of aromatic nitrogens is 3. The molecule has 0 bridgehead atoms. The molecule has 2 heterocycles. The minimum atomic E-state index is -4.86. The lowest BCUT2D eigenvalue weighted by Gasteiger charge is -2.13. The van der Waals surface area contributed by atoms with Crippen LogP contribution in [0.1, 0.15) is 16.8 Å². The maximum absolute atomic E-state index is 12.8. The number of benzene rings is 3. The zero-order chi connectivity index (χ0) is 25.4. The summed E-state index contributed by atoms with van der Waals surface area (Å²) in [5, 5.41) is 5.42. The first-order valence-corrected chi connectivity index (χ1v) is 12.9. The lowest BCUT2D eigenvalue weighted by molar-refractivity contribution is 0.283. The number of halogens is 1. The molecule has 10 heteroatoms. The Morgan fingerprint density at radius 3 is 2.44 bits per heavy atom. The molecule has 0 aliphatic rings. The van der Waals surface area contributed by atoms with Crippen LogP contribution in [0.25, 0.3) is 28.0 Å². The van der Waals surface area contributed by atoms with Crippen LogP contribution in [0.15, 0.2) is 83.7 Å². The number of hydrogen-bond donors (Lipinski definition) is 3. The van der Waals surface area contributed by atoms with Crippen LogP contribution in [0.4, 0.5) is 0 Å². The molecule has 0 atom stereocenters. The molecule has 0 aliphatic heterocycles. The smallest absolute Gasteiger partial charge is 0.404 e. The van der Waals surface area contributed by atoms with Crippen molar-refractivity contribution in [1.29, 1.82) is 0 Å². The van der Waals surface area contributed by atoms with Gasteiger partial charge in [0.05, 0.1) is 11.4 Å². The van der Waals surface area contributed by atoms with Gasteiger partial charge in [-0.25, -0.2) is 9.08 Å². The number of nitrogens with zero attached hydrogens (tertiary/aromatic N) is 2. The Hall–Kier alpha value is -3.68. The molecule has 0 aliphatic carbocycles. The Labute approximate surface area is 211 Å². The van der Waals surface area contributed by atoms with Crippen molar-refractivity contribution in [3.8, 4) is 28.1 Å². The molecule has 3 N–H and O–H groups in total. The van der Waals surface area contributed by atoms with Crippen molar-refractivity contribution >= 4 is 25.1 Å². The van der Waals surface area contributed by atoms with Gasteiger partial charge in [0.1, 0.15) is 11.4 Å². The summed E-state index contributed by atoms with van der Waals surface area (Å²) in [4.78, 5) is 34.7. The third-order valence-electron chi connectivity index (χ3n) is 5.67. The van der Waals surface area contributed by atoms with Crippen LogP contribution in [0.5, 0.6) is 5.75 Å². The number of aryl methyl sites for hydroxylation is 1. The highest BCUT2D eigenvalue weighted by Gasteiger charge is 2.23. The summed E-state index contributed by atoms with van der Waals surface area (Å²) in [5.74, 6) is -0.0524. The number of phosphoric acid groups is 1. The SMILES string of the molecule is Cc1ccc(-c2cc(=O)[nH]c3c(-c4ccc(Cl)cc4)c(Cc4ccccc4)nn23)c(OP(=O)(O)O)c1. The number of rotatable bonds is 6. The Morgan fingerprint density at radius 2 is 1.75 bits per heavy atom. The van der Waals surface area contributed by atoms with Gasteiger partial charge in [-0.05, 0) is 47.9 Å². The largest absolute Gasteiger partial charge is 0.524 e. The summed E-state index contributed by atoms with van der Waals surface area (Å²) in [6.07, 6.45) is 0.488. The quantitative estimate of drug-likeness (QED) is 0.258. The number of hydrogen-bond acceptors (Lipinski definition) is 4. The summed E-state index contributed by atoms with van der Waals surface area (Å²) in [5.41, 5.74) is 4.67. The highest BCUT2D eigenvalue weighted by molar-refractivity contribution is 7.46. The van der Waals surface area contributed by atoms with Crippen molar-refractivity contribution in [2.75, 3.05) is 0 Å². The van der Waals surface area contributed by atoms with Gasteiger partial charge in [0.2, 0.25) is 0 Å². The van der Waals surface area contributed by atoms with E-state index in [4.69, 9.17) is 21.2 Å². The van der Waals surface area contributed by atoms with Crippen molar-refractivity contribution in [1.82, 2.24) is 14.6 Å². The van der Waals surface area contributed by atoms with Gasteiger partial charge in [-0.3, -0.25) is 14.6 Å². The Morgan fingerprint density at radius 1 is 1.03 bits per heavy atom. The molecule has 0 saturated heterocycles. The average molecular weight is 522 g/mol. The van der Waals surface area contributed by atoms with Crippen LogP contribution in [0.2, 0.25) is 5.02 Å². The van der Waals surface area contributed by atoms with Crippen LogP contribution in [-0.4, -0.2) is 24.4 Å². The van der Waals surface area contributed by atoms with Crippen LogP contribution >= 0.6 is 19.4 Å². The van der Waals surface area contributed by atoms with Crippen LogP contribution < -0.4 is 10.1 Å². The minimum absolute atomic E-state index is 0.0524. The molecule has 5 rings (SSSR count). The lowest BCUT2D eigenvalue weighted by atomic mass is 10.0. The molecule has 0 amide bonds. The fraction of sp³-hybridized carbons (Fsp3) is 0.0769. The number of fused-ring (bicyclic) bond motifs is 1. The van der Waals surface area contributed by atoms with Crippen LogP contribution in [0, 0.1) is 6.92 Å². The predicted octanol–water partition coefficient (Wildman–Crippen LogP) is 5.38. The van der Waals surface area contributed by atoms with Crippen LogP contribution in [0.3, 0.4) is 0 Å². The standard InChI is InChI=1S/C26H21ClN3O5P/c1-16-7-12-20(23(13-16)35-36(32,33)34)22-15-24(31)28-26-25(18-8-10-19(27)11-9-18)21(29-30(22)26)14-17-5-3-2-4-6-17/h2-13,15H,14H2,1H3,(H,28,31)(H2,32,33,34). The summed E-state index contributed by atoms with van der Waals surface area (Å²) in [6.45, 7) is 1.77. The number of phosphoric ester groups is 1. The number of aromatic amines is 1. The van der Waals surface area contributed by atoms with Crippen molar-refractivity contribution in [3.05, 3.63) is 111 Å². The third kappa shape index (κ3) is 4.98. The van der Waals surface area contributed by atoms with Gasteiger partial charge in [0.15, 0.2) is 0 Å². The molecule has 0 unspecified atom stereocenters. The van der Waals surface area contributed by atoms with E-state index in [0.717, 1.165) is 22.3 Å². The topological polar surface area (TPSA) is 117 Å². The van der Waals surface area contributed by atoms with E-state index in [2.05, 4.69) is 4.98 Å². The predicted molar refractivity (Wildman–Crippen MR) is 138 cm³/mol. The molecular formula is C26H21ClN3O5P. The molecule has 36 heavy (non-hydrogen) atoms. The molecule has 0 spiro atoms. The van der Waals surface area contributed by atoms with E-state index in [1.807, 2.05) is 42.5 Å². The fourth-order valence-electron chi connectivity index (χ4n) is 4.16. The van der Waals surface area contributed by atoms with Gasteiger partial charge in [0.25, 0.3) is 5.56 Å². The second-order valence-electron chi connectivity index (χ2n) is 8.35. The van der Waals surface area contributed by atoms with Gasteiger partial charge in [-0.2, -0.15) is 5.10 Å². The third-order valence-corrected chi connectivity index (χ3v) is 6.36. The van der Waals surface area contributed by atoms with E-state index in [0.29, 0.717) is 34.0 Å². The molecule has 2 aromatic heterocycles. The van der Waals surface area contributed by atoms with Gasteiger partial charge < -0.3 is 9.51 Å². The van der Waals surface area contributed by atoms with Crippen molar-refractivity contribution in [3.63, 3.8) is 0 Å². The maximum atomic E-state index is 12.8. The Bertz CT molecular complexity index is 1670. The Balaban J connectivity index is 1.80. The van der Waals surface area contributed by atoms with E-state index in [9.17, 15) is 19.1 Å². The van der Waals surface area contributed by atoms with Crippen LogP contribution in [-0.2, 0) is 11.0 Å². The van der Waals surface area contributed by atoms with Crippen molar-refractivity contribution in [2.45, 2.75) is 13.3 Å². The monoisotopic (exact) mass is 521 g/mol. The second-order valence-corrected chi connectivity index (χ2v) is 9.95. The minimum Gasteiger partial charge on any atom is -0.404 e. The lowest BCUT2D eigenvalue weighted by Crippen LogP contribution is -2.10. The highest BCUT2D eigenvalue weighted by Crippen LogP contribution is 2.43. The zero-order valence-corrected chi connectivity index (χ0v) is 20.7. The van der Waals surface area contributed by atoms with Gasteiger partial charge >= 0.3 is 7.82 Å². The van der Waals surface area contributed by atoms with E-state index in [1.54, 1.807) is 35.7 Å². The summed E-state index contributed by atoms with van der Waals surface area (Å²) in [6, 6.07) is 23.3. The highest BCUT2D eigenvalue weighted by atomic mass is 35.5. The molecule has 0 radical (unpaired) electrons. The van der Waals surface area contributed by atoms with Gasteiger partial charge in [-0.1, -0.05) is 60.1 Å². The van der Waals surface area contributed by atoms with Gasteiger partial charge in [0, 0.05) is 28.6 Å². The maximum Gasteiger partial charge on any atom is 0.524 e. The summed E-state index contributed by atoms with van der Waals surface area (Å²) >= 11 is 6.12. The van der Waals surface area contributed by atoms with Crippen molar-refractivity contribution < 1.29 is 18.9 Å². The number of H-pyrrole nitrogens is 1. The summed E-state index contributed by atoms with van der Waals surface area (Å²) in [7, 11) is -4.86. The van der Waals surface area contributed by atoms with Crippen molar-refractivity contribution in [2.24, 2.45) is 0 Å². The van der Waals surface area contributed by atoms with E-state index in [-0.39, 0.29) is 5.75 Å². The van der Waals surface area contributed by atoms with E-state index >= 15 is 0 Å². The molecule has 182 valence electrons. The van der Waals surface area contributed by atoms with E-state index < -0.39 is 13.4 Å². The summed E-state index contributed by atoms with van der Waals surface area (Å²) < 4.78 is 18.2. The average Bonchev–Trinajstić information content (AvgIpc) is 3.16. The first-order valence-electron chi connectivity index (χ1n) is 11.0. The Kier molecular flexibility index (Phi) is 6.28. The first-order chi connectivity index (χ1) is 17.2. The second kappa shape index (κ2) is 9.41. The molecule has 8 nitrogen and oxygen atoms in total. The molecule has 0 fully saturated rings. The zero-order valence-electron chi connectivity index (χ0n) is 19.1. The van der Waals surface area contributed by atoms with Gasteiger partial charge in [-0.15, -0.1) is 0 Å². The normalized spacial score (nSPS) is 11.7. The molecular weight excluding hydrogens is 501 g/mol. The first kappa shape index (κ1) is 24.0. The molecule has 3 aromatic carbocycles. The number of nitrogens with one attached hydrogen (secondary N) is 1. The molecule has 0 saturated carbocycles. The van der Waals surface area contributed by atoms with E-state index in [1.165, 1.54) is 12.1 Å². The molecule has 5 aromatic rings. The fourth-order valence-corrected chi connectivity index (χ4v) is 4.69.